The maximum atomic E-state index is 12.0. The molecule has 0 amide bonds. The van der Waals surface area contributed by atoms with E-state index in [1.54, 1.807) is 0 Å². The molecule has 1 aromatic heterocycles. The molecule has 1 rings (SSSR count). The number of hydrogen-bond acceptors (Lipinski definition) is 3. The van der Waals surface area contributed by atoms with Gasteiger partial charge in [0.2, 0.25) is 5.88 Å². The van der Waals surface area contributed by atoms with Crippen molar-refractivity contribution in [2.75, 3.05) is 6.61 Å². The van der Waals surface area contributed by atoms with Crippen LogP contribution in [0.15, 0.2) is 6.07 Å². The molecule has 0 bridgehead atoms. The molecular formula is C11H14ClF3N2O. The third kappa shape index (κ3) is 5.08. The summed E-state index contributed by atoms with van der Waals surface area (Å²) in [5.41, 5.74) is -0.354. The molecule has 0 aliphatic rings. The van der Waals surface area contributed by atoms with Crippen molar-refractivity contribution < 1.29 is 17.9 Å². The fourth-order valence-corrected chi connectivity index (χ4v) is 1.25. The van der Waals surface area contributed by atoms with E-state index in [1.165, 1.54) is 6.07 Å². The molecule has 0 N–H and O–H groups in total. The number of rotatable bonds is 3. The summed E-state index contributed by atoms with van der Waals surface area (Å²) in [6.45, 7) is 5.13. The first kappa shape index (κ1) is 15.0. The molecule has 0 radical (unpaired) electrons. The predicted octanol–water partition coefficient (Wildman–Crippen LogP) is 3.76. The average molecular weight is 283 g/mol. The third-order valence-corrected chi connectivity index (χ3v) is 2.17. The van der Waals surface area contributed by atoms with Crippen molar-refractivity contribution in [1.82, 2.24) is 9.97 Å². The van der Waals surface area contributed by atoms with Gasteiger partial charge in [0.1, 0.15) is 11.0 Å². The molecule has 0 unspecified atom stereocenters. The van der Waals surface area contributed by atoms with E-state index in [2.05, 4.69) is 9.97 Å². The van der Waals surface area contributed by atoms with Crippen molar-refractivity contribution in [2.24, 2.45) is 0 Å². The minimum atomic E-state index is -4.25. The summed E-state index contributed by atoms with van der Waals surface area (Å²) in [6.07, 6.45) is -5.27. The molecule has 0 saturated heterocycles. The minimum Gasteiger partial charge on any atom is -0.477 e. The highest BCUT2D eigenvalue weighted by molar-refractivity contribution is 6.29. The van der Waals surface area contributed by atoms with E-state index in [4.69, 9.17) is 16.3 Å². The molecule has 3 nitrogen and oxygen atoms in total. The summed E-state index contributed by atoms with van der Waals surface area (Å²) in [6, 6.07) is 1.30. The van der Waals surface area contributed by atoms with E-state index in [-0.39, 0.29) is 16.4 Å². The van der Waals surface area contributed by atoms with Crippen molar-refractivity contribution in [3.8, 4) is 5.88 Å². The summed E-state index contributed by atoms with van der Waals surface area (Å²) < 4.78 is 40.8. The quantitative estimate of drug-likeness (QED) is 0.792. The van der Waals surface area contributed by atoms with Gasteiger partial charge in [-0.15, -0.1) is 0 Å². The Balaban J connectivity index is 2.75. The van der Waals surface area contributed by atoms with Crippen molar-refractivity contribution in [3.63, 3.8) is 0 Å². The number of aromatic nitrogens is 2. The molecule has 1 aromatic rings. The Labute approximate surface area is 108 Å². The Hall–Kier alpha value is -1.04. The Morgan fingerprint density at radius 2 is 1.83 bits per heavy atom. The van der Waals surface area contributed by atoms with Crippen LogP contribution in [0, 0.1) is 0 Å². The zero-order valence-electron chi connectivity index (χ0n) is 10.3. The van der Waals surface area contributed by atoms with Crippen molar-refractivity contribution in [1.29, 1.82) is 0 Å². The fourth-order valence-electron chi connectivity index (χ4n) is 1.08. The molecule has 18 heavy (non-hydrogen) atoms. The van der Waals surface area contributed by atoms with Crippen LogP contribution >= 0.6 is 11.6 Å². The van der Waals surface area contributed by atoms with Gasteiger partial charge in [-0.3, -0.25) is 0 Å². The second-order valence-corrected chi connectivity index (χ2v) is 5.20. The van der Waals surface area contributed by atoms with E-state index in [1.807, 2.05) is 20.8 Å². The monoisotopic (exact) mass is 282 g/mol. The minimum absolute atomic E-state index is 0.0594. The summed E-state index contributed by atoms with van der Waals surface area (Å²) in [4.78, 5) is 8.05. The number of nitrogens with zero attached hydrogens (tertiary/aromatic N) is 2. The lowest BCUT2D eigenvalue weighted by molar-refractivity contribution is -0.139. The van der Waals surface area contributed by atoms with E-state index in [9.17, 15) is 13.2 Å². The van der Waals surface area contributed by atoms with Gasteiger partial charge in [0.25, 0.3) is 0 Å². The second-order valence-electron chi connectivity index (χ2n) is 4.82. The van der Waals surface area contributed by atoms with Crippen molar-refractivity contribution in [3.05, 3.63) is 17.0 Å². The van der Waals surface area contributed by atoms with Crippen LogP contribution in [0.3, 0.4) is 0 Å². The standard InChI is InChI=1S/C11H14ClF3N2O/c1-10(2,3)9-16-7(12)6-8(17-9)18-5-4-11(13,14)15/h6H,4-5H2,1-3H3. The smallest absolute Gasteiger partial charge is 0.392 e. The SMILES string of the molecule is CC(C)(C)c1nc(Cl)cc(OCCC(F)(F)F)n1. The molecule has 0 aliphatic heterocycles. The number of halogens is 4. The number of alkyl halides is 3. The number of ether oxygens (including phenoxy) is 1. The number of hydrogen-bond donors (Lipinski definition) is 0. The molecule has 0 atom stereocenters. The lowest BCUT2D eigenvalue weighted by Gasteiger charge is -2.17. The zero-order valence-corrected chi connectivity index (χ0v) is 11.1. The van der Waals surface area contributed by atoms with Gasteiger partial charge in [0.15, 0.2) is 0 Å². The van der Waals surface area contributed by atoms with Crippen LogP contribution in [-0.2, 0) is 5.41 Å². The Morgan fingerprint density at radius 1 is 1.22 bits per heavy atom. The van der Waals surface area contributed by atoms with Gasteiger partial charge in [-0.1, -0.05) is 32.4 Å². The highest BCUT2D eigenvalue weighted by Crippen LogP contribution is 2.24. The van der Waals surface area contributed by atoms with Crippen LogP contribution in [0.2, 0.25) is 5.15 Å². The maximum absolute atomic E-state index is 12.0. The van der Waals surface area contributed by atoms with Gasteiger partial charge in [0, 0.05) is 11.5 Å². The molecular weight excluding hydrogens is 269 g/mol. The summed E-state index contributed by atoms with van der Waals surface area (Å²) in [7, 11) is 0. The van der Waals surface area contributed by atoms with Gasteiger partial charge >= 0.3 is 6.18 Å². The van der Waals surface area contributed by atoms with Crippen molar-refractivity contribution in [2.45, 2.75) is 38.8 Å². The highest BCUT2D eigenvalue weighted by Gasteiger charge is 2.27. The largest absolute Gasteiger partial charge is 0.477 e. The van der Waals surface area contributed by atoms with Crippen LogP contribution in [-0.4, -0.2) is 22.8 Å². The topological polar surface area (TPSA) is 35.0 Å². The zero-order chi connectivity index (χ0) is 14.0. The summed E-state index contributed by atoms with van der Waals surface area (Å²) in [5.74, 6) is 0.487. The molecule has 1 heterocycles. The van der Waals surface area contributed by atoms with Gasteiger partial charge in [0.05, 0.1) is 13.0 Å². The van der Waals surface area contributed by atoms with Gasteiger partial charge in [-0.2, -0.15) is 18.2 Å². The lowest BCUT2D eigenvalue weighted by Crippen LogP contribution is -2.18. The first-order valence-corrected chi connectivity index (χ1v) is 5.70. The lowest BCUT2D eigenvalue weighted by atomic mass is 9.96. The normalized spacial score (nSPS) is 12.6. The van der Waals surface area contributed by atoms with Crippen LogP contribution in [0.1, 0.15) is 33.0 Å². The Bertz CT molecular complexity index is 416. The Morgan fingerprint density at radius 3 is 2.33 bits per heavy atom. The molecule has 102 valence electrons. The summed E-state index contributed by atoms with van der Waals surface area (Å²) in [5, 5.41) is 0.150. The van der Waals surface area contributed by atoms with Crippen LogP contribution in [0.4, 0.5) is 13.2 Å². The highest BCUT2D eigenvalue weighted by atomic mass is 35.5. The molecule has 0 aliphatic carbocycles. The third-order valence-electron chi connectivity index (χ3n) is 1.98. The Kier molecular flexibility index (Phi) is 4.42. The van der Waals surface area contributed by atoms with Gasteiger partial charge < -0.3 is 4.74 Å². The second kappa shape index (κ2) is 5.30. The van der Waals surface area contributed by atoms with Crippen LogP contribution in [0.5, 0.6) is 5.88 Å². The van der Waals surface area contributed by atoms with Gasteiger partial charge in [-0.05, 0) is 0 Å². The van der Waals surface area contributed by atoms with E-state index < -0.39 is 19.2 Å². The van der Waals surface area contributed by atoms with E-state index in [0.717, 1.165) is 0 Å². The van der Waals surface area contributed by atoms with Crippen LogP contribution in [0.25, 0.3) is 0 Å². The van der Waals surface area contributed by atoms with Gasteiger partial charge in [-0.25, -0.2) is 4.98 Å². The predicted molar refractivity (Wildman–Crippen MR) is 61.9 cm³/mol. The molecule has 0 spiro atoms. The summed E-state index contributed by atoms with van der Waals surface area (Å²) >= 11 is 5.77. The average Bonchev–Trinajstić information content (AvgIpc) is 2.13. The van der Waals surface area contributed by atoms with Crippen LogP contribution < -0.4 is 4.74 Å². The first-order chi connectivity index (χ1) is 8.08. The molecule has 0 saturated carbocycles. The molecule has 0 fully saturated rings. The van der Waals surface area contributed by atoms with E-state index in [0.29, 0.717) is 5.82 Å². The molecule has 7 heteroatoms. The van der Waals surface area contributed by atoms with E-state index >= 15 is 0 Å². The van der Waals surface area contributed by atoms with Crippen molar-refractivity contribution >= 4 is 11.6 Å². The first-order valence-electron chi connectivity index (χ1n) is 5.32. The molecule has 0 aromatic carbocycles. The fraction of sp³-hybridized carbons (Fsp3) is 0.636. The maximum Gasteiger partial charge on any atom is 0.392 e.